The molecule has 21 heavy (non-hydrogen) atoms. The summed E-state index contributed by atoms with van der Waals surface area (Å²) in [4.78, 5) is 16.0. The topological polar surface area (TPSA) is 55.1 Å². The minimum absolute atomic E-state index is 0.0273. The van der Waals surface area contributed by atoms with Crippen LogP contribution in [0, 0.1) is 5.82 Å². The standard InChI is InChI=1S/C14H7Cl2FN2O2/c15-8-3-1-2-4-10(8)19-12(21)6-11(20)7-5-9(17)13(16)18-14(7)19/h1-6,20H. The van der Waals surface area contributed by atoms with Crippen LogP contribution < -0.4 is 5.56 Å². The van der Waals surface area contributed by atoms with Crippen LogP contribution in [0.15, 0.2) is 41.2 Å². The largest absolute Gasteiger partial charge is 0.507 e. The second kappa shape index (κ2) is 5.02. The van der Waals surface area contributed by atoms with E-state index >= 15 is 0 Å². The van der Waals surface area contributed by atoms with Crippen molar-refractivity contribution in [3.8, 4) is 11.4 Å². The highest BCUT2D eigenvalue weighted by Gasteiger charge is 2.16. The Labute approximate surface area is 128 Å². The Morgan fingerprint density at radius 1 is 1.19 bits per heavy atom. The second-order valence-electron chi connectivity index (χ2n) is 4.29. The molecule has 4 nitrogen and oxygen atoms in total. The SMILES string of the molecule is O=c1cc(O)c2cc(F)c(Cl)nc2n1-c1ccccc1Cl. The lowest BCUT2D eigenvalue weighted by Crippen LogP contribution is -2.19. The highest BCUT2D eigenvalue weighted by atomic mass is 35.5. The van der Waals surface area contributed by atoms with Crippen LogP contribution in [0.3, 0.4) is 0 Å². The van der Waals surface area contributed by atoms with E-state index < -0.39 is 16.5 Å². The summed E-state index contributed by atoms with van der Waals surface area (Å²) in [5.41, 5.74) is -0.160. The summed E-state index contributed by atoms with van der Waals surface area (Å²) < 4.78 is 14.7. The predicted molar refractivity (Wildman–Crippen MR) is 79.0 cm³/mol. The Morgan fingerprint density at radius 3 is 2.62 bits per heavy atom. The molecule has 0 aliphatic rings. The van der Waals surface area contributed by atoms with Crippen molar-refractivity contribution >= 4 is 34.2 Å². The van der Waals surface area contributed by atoms with Crippen LogP contribution in [0.5, 0.6) is 5.75 Å². The quantitative estimate of drug-likeness (QED) is 0.696. The van der Waals surface area contributed by atoms with Crippen molar-refractivity contribution in [1.82, 2.24) is 9.55 Å². The van der Waals surface area contributed by atoms with Crippen molar-refractivity contribution < 1.29 is 9.50 Å². The third-order valence-electron chi connectivity index (χ3n) is 2.97. The highest BCUT2D eigenvalue weighted by molar-refractivity contribution is 6.32. The zero-order valence-corrected chi connectivity index (χ0v) is 11.9. The average molecular weight is 325 g/mol. The van der Waals surface area contributed by atoms with Crippen LogP contribution in [-0.2, 0) is 0 Å². The molecule has 0 bridgehead atoms. The van der Waals surface area contributed by atoms with E-state index in [2.05, 4.69) is 4.98 Å². The lowest BCUT2D eigenvalue weighted by atomic mass is 10.2. The van der Waals surface area contributed by atoms with Crippen molar-refractivity contribution in [2.45, 2.75) is 0 Å². The van der Waals surface area contributed by atoms with Gasteiger partial charge in [-0.2, -0.15) is 0 Å². The monoisotopic (exact) mass is 324 g/mol. The summed E-state index contributed by atoms with van der Waals surface area (Å²) in [7, 11) is 0. The van der Waals surface area contributed by atoms with Crippen molar-refractivity contribution in [3.05, 3.63) is 62.7 Å². The van der Waals surface area contributed by atoms with Gasteiger partial charge in [-0.25, -0.2) is 9.37 Å². The first-order chi connectivity index (χ1) is 9.99. The molecule has 0 aliphatic carbocycles. The molecule has 0 fully saturated rings. The van der Waals surface area contributed by atoms with Gasteiger partial charge in [0.05, 0.1) is 16.1 Å². The Balaban J connectivity index is 2.51. The fraction of sp³-hybridized carbons (Fsp3) is 0. The Morgan fingerprint density at radius 2 is 1.90 bits per heavy atom. The molecule has 7 heteroatoms. The minimum Gasteiger partial charge on any atom is -0.507 e. The maximum atomic E-state index is 13.5. The average Bonchev–Trinajstić information content (AvgIpc) is 2.43. The lowest BCUT2D eigenvalue weighted by Gasteiger charge is -2.12. The summed E-state index contributed by atoms with van der Waals surface area (Å²) in [5.74, 6) is -1.16. The van der Waals surface area contributed by atoms with Crippen LogP contribution in [0.4, 0.5) is 4.39 Å². The van der Waals surface area contributed by atoms with Crippen LogP contribution >= 0.6 is 23.2 Å². The molecule has 0 aliphatic heterocycles. The fourth-order valence-corrected chi connectivity index (χ4v) is 2.40. The number of pyridine rings is 2. The van der Waals surface area contributed by atoms with Gasteiger partial charge in [0.1, 0.15) is 5.75 Å². The highest BCUT2D eigenvalue weighted by Crippen LogP contribution is 2.28. The Hall–Kier alpha value is -2.11. The van der Waals surface area contributed by atoms with Gasteiger partial charge in [0.2, 0.25) is 0 Å². The van der Waals surface area contributed by atoms with E-state index in [0.29, 0.717) is 10.7 Å². The number of para-hydroxylation sites is 1. The number of hydrogen-bond donors (Lipinski definition) is 1. The molecule has 2 heterocycles. The van der Waals surface area contributed by atoms with Crippen LogP contribution in [0.2, 0.25) is 10.2 Å². The molecule has 2 aromatic heterocycles. The van der Waals surface area contributed by atoms with Gasteiger partial charge in [-0.1, -0.05) is 35.3 Å². The molecule has 106 valence electrons. The van der Waals surface area contributed by atoms with E-state index in [9.17, 15) is 14.3 Å². The summed E-state index contributed by atoms with van der Waals surface area (Å²) in [6, 6.07) is 8.61. The number of aromatic hydroxyl groups is 1. The van der Waals surface area contributed by atoms with E-state index in [-0.39, 0.29) is 16.8 Å². The molecular formula is C14H7Cl2FN2O2. The number of benzene rings is 1. The molecule has 0 saturated carbocycles. The van der Waals surface area contributed by atoms with E-state index in [1.807, 2.05) is 0 Å². The molecule has 1 aromatic carbocycles. The van der Waals surface area contributed by atoms with Crippen LogP contribution in [-0.4, -0.2) is 14.7 Å². The van der Waals surface area contributed by atoms with Crippen LogP contribution in [0.1, 0.15) is 0 Å². The molecule has 0 atom stereocenters. The Kier molecular flexibility index (Phi) is 3.31. The first-order valence-corrected chi connectivity index (χ1v) is 6.60. The smallest absolute Gasteiger partial charge is 0.260 e. The molecule has 3 rings (SSSR count). The van der Waals surface area contributed by atoms with Crippen LogP contribution in [0.25, 0.3) is 16.7 Å². The number of rotatable bonds is 1. The third kappa shape index (κ3) is 2.24. The van der Waals surface area contributed by atoms with Gasteiger partial charge in [0, 0.05) is 6.07 Å². The molecular weight excluding hydrogens is 318 g/mol. The first-order valence-electron chi connectivity index (χ1n) is 5.84. The molecule has 0 spiro atoms. The molecule has 0 saturated heterocycles. The van der Waals surface area contributed by atoms with Gasteiger partial charge in [-0.15, -0.1) is 0 Å². The van der Waals surface area contributed by atoms with E-state index in [1.165, 1.54) is 4.57 Å². The number of nitrogens with zero attached hydrogens (tertiary/aromatic N) is 2. The van der Waals surface area contributed by atoms with Crippen molar-refractivity contribution in [2.24, 2.45) is 0 Å². The number of hydrogen-bond acceptors (Lipinski definition) is 3. The molecule has 0 amide bonds. The number of aromatic nitrogens is 2. The summed E-state index contributed by atoms with van der Waals surface area (Å²) in [6.45, 7) is 0. The fourth-order valence-electron chi connectivity index (χ4n) is 2.05. The molecule has 0 radical (unpaired) electrons. The van der Waals surface area contributed by atoms with Crippen molar-refractivity contribution in [2.75, 3.05) is 0 Å². The van der Waals surface area contributed by atoms with E-state index in [0.717, 1.165) is 12.1 Å². The maximum Gasteiger partial charge on any atom is 0.260 e. The minimum atomic E-state index is -0.788. The normalized spacial score (nSPS) is 11.0. The third-order valence-corrected chi connectivity index (χ3v) is 3.56. The van der Waals surface area contributed by atoms with Gasteiger partial charge >= 0.3 is 0 Å². The van der Waals surface area contributed by atoms with E-state index in [4.69, 9.17) is 23.2 Å². The molecule has 1 N–H and O–H groups in total. The number of halogens is 3. The van der Waals surface area contributed by atoms with Gasteiger partial charge < -0.3 is 5.11 Å². The number of fused-ring (bicyclic) bond motifs is 1. The predicted octanol–water partition coefficient (Wildman–Crippen LogP) is 3.54. The van der Waals surface area contributed by atoms with E-state index in [1.54, 1.807) is 24.3 Å². The zero-order valence-electron chi connectivity index (χ0n) is 10.3. The first kappa shape index (κ1) is 13.9. The molecule has 0 unspecified atom stereocenters. The van der Waals surface area contributed by atoms with Gasteiger partial charge in [-0.3, -0.25) is 9.36 Å². The Bertz CT molecular complexity index is 925. The summed E-state index contributed by atoms with van der Waals surface area (Å²) in [6.07, 6.45) is 0. The summed E-state index contributed by atoms with van der Waals surface area (Å²) in [5, 5.41) is 9.80. The zero-order chi connectivity index (χ0) is 15.1. The molecule has 3 aromatic rings. The second-order valence-corrected chi connectivity index (χ2v) is 5.05. The van der Waals surface area contributed by atoms with Crippen molar-refractivity contribution in [3.63, 3.8) is 0 Å². The van der Waals surface area contributed by atoms with Crippen molar-refractivity contribution in [1.29, 1.82) is 0 Å². The van der Waals surface area contributed by atoms with Gasteiger partial charge in [0.25, 0.3) is 5.56 Å². The maximum absolute atomic E-state index is 13.5. The lowest BCUT2D eigenvalue weighted by molar-refractivity contribution is 0.479. The van der Waals surface area contributed by atoms with Gasteiger partial charge in [-0.05, 0) is 18.2 Å². The summed E-state index contributed by atoms with van der Waals surface area (Å²) >= 11 is 11.8. The van der Waals surface area contributed by atoms with Gasteiger partial charge in [0.15, 0.2) is 16.6 Å².